The molecule has 0 nitrogen and oxygen atoms in total. The topological polar surface area (TPSA) is 0 Å². The third kappa shape index (κ3) is 2.15. The summed E-state index contributed by atoms with van der Waals surface area (Å²) in [6, 6.07) is 8.92. The molecule has 0 amide bonds. The van der Waals surface area contributed by atoms with Gasteiger partial charge in [0.05, 0.1) is 0 Å². The monoisotopic (exact) mass is 278 g/mol. The maximum atomic E-state index is 13.8. The molecule has 6 heteroatoms. The molecule has 0 aromatic heterocycles. The molecule has 0 heterocycles. The van der Waals surface area contributed by atoms with E-state index in [0.717, 1.165) is 12.1 Å². The number of rotatable bonds is 2. The molecule has 0 saturated heterocycles. The first-order chi connectivity index (χ1) is 8.76. The standard InChI is InChI=1S/C13H8F6/c14-11(15)12(16,13(17,18)19)10-6-5-8-3-1-2-4-9(8)7-10/h1-7,11H. The van der Waals surface area contributed by atoms with Crippen molar-refractivity contribution in [2.24, 2.45) is 0 Å². The van der Waals surface area contributed by atoms with Crippen molar-refractivity contribution in [3.63, 3.8) is 0 Å². The van der Waals surface area contributed by atoms with Gasteiger partial charge in [0.2, 0.25) is 0 Å². The van der Waals surface area contributed by atoms with Gasteiger partial charge < -0.3 is 0 Å². The Labute approximate surface area is 104 Å². The van der Waals surface area contributed by atoms with Gasteiger partial charge in [-0.3, -0.25) is 0 Å². The Morgan fingerprint density at radius 3 is 1.89 bits per heavy atom. The molecule has 0 aliphatic rings. The van der Waals surface area contributed by atoms with Gasteiger partial charge in [0.1, 0.15) is 0 Å². The van der Waals surface area contributed by atoms with E-state index in [2.05, 4.69) is 0 Å². The first kappa shape index (κ1) is 13.7. The Morgan fingerprint density at radius 1 is 0.789 bits per heavy atom. The first-order valence-corrected chi connectivity index (χ1v) is 5.30. The molecule has 0 bridgehead atoms. The van der Waals surface area contributed by atoms with Crippen LogP contribution in [-0.2, 0) is 5.67 Å². The van der Waals surface area contributed by atoms with Gasteiger partial charge in [-0.05, 0) is 16.8 Å². The molecule has 0 radical (unpaired) electrons. The van der Waals surface area contributed by atoms with Crippen molar-refractivity contribution >= 4 is 10.8 Å². The number of benzene rings is 2. The fourth-order valence-corrected chi connectivity index (χ4v) is 1.83. The summed E-state index contributed by atoms with van der Waals surface area (Å²) in [5.41, 5.74) is -5.74. The van der Waals surface area contributed by atoms with Crippen molar-refractivity contribution in [2.75, 3.05) is 0 Å². The van der Waals surface area contributed by atoms with Gasteiger partial charge in [-0.25, -0.2) is 13.2 Å². The summed E-state index contributed by atoms with van der Waals surface area (Å²) >= 11 is 0. The molecule has 0 spiro atoms. The molecule has 0 N–H and O–H groups in total. The van der Waals surface area contributed by atoms with Gasteiger partial charge in [-0.15, -0.1) is 0 Å². The molecule has 1 atom stereocenters. The molecule has 0 aliphatic carbocycles. The predicted molar refractivity (Wildman–Crippen MR) is 58.8 cm³/mol. The van der Waals surface area contributed by atoms with Gasteiger partial charge in [-0.2, -0.15) is 13.2 Å². The lowest BCUT2D eigenvalue weighted by Gasteiger charge is -2.27. The maximum Gasteiger partial charge on any atom is 0.432 e. The zero-order valence-corrected chi connectivity index (χ0v) is 9.39. The van der Waals surface area contributed by atoms with Crippen LogP contribution in [0.5, 0.6) is 0 Å². The van der Waals surface area contributed by atoms with Gasteiger partial charge >= 0.3 is 6.18 Å². The van der Waals surface area contributed by atoms with Crippen LogP contribution < -0.4 is 0 Å². The second-order valence-corrected chi connectivity index (χ2v) is 4.07. The summed E-state index contributed by atoms with van der Waals surface area (Å²) in [5, 5.41) is 0.817. The third-order valence-corrected chi connectivity index (χ3v) is 2.88. The van der Waals surface area contributed by atoms with Gasteiger partial charge in [-0.1, -0.05) is 36.4 Å². The van der Waals surface area contributed by atoms with Crippen LogP contribution in [0.15, 0.2) is 42.5 Å². The van der Waals surface area contributed by atoms with Crippen LogP contribution in [0.4, 0.5) is 26.3 Å². The van der Waals surface area contributed by atoms with Crippen molar-refractivity contribution in [2.45, 2.75) is 18.3 Å². The van der Waals surface area contributed by atoms with Crippen LogP contribution in [0.3, 0.4) is 0 Å². The predicted octanol–water partition coefficient (Wildman–Crippen LogP) is 4.83. The summed E-state index contributed by atoms with van der Waals surface area (Å²) < 4.78 is 76.7. The van der Waals surface area contributed by atoms with Crippen molar-refractivity contribution in [1.82, 2.24) is 0 Å². The van der Waals surface area contributed by atoms with E-state index < -0.39 is 23.8 Å². The fraction of sp³-hybridized carbons (Fsp3) is 0.231. The van der Waals surface area contributed by atoms with E-state index in [9.17, 15) is 26.3 Å². The zero-order valence-electron chi connectivity index (χ0n) is 9.39. The van der Waals surface area contributed by atoms with Crippen LogP contribution in [0.2, 0.25) is 0 Å². The molecule has 0 saturated carbocycles. The van der Waals surface area contributed by atoms with Crippen molar-refractivity contribution in [1.29, 1.82) is 0 Å². The molecule has 2 aromatic rings. The van der Waals surface area contributed by atoms with Crippen LogP contribution in [0.1, 0.15) is 5.56 Å². The maximum absolute atomic E-state index is 13.8. The molecule has 102 valence electrons. The molecular weight excluding hydrogens is 270 g/mol. The van der Waals surface area contributed by atoms with Gasteiger partial charge in [0.15, 0.2) is 0 Å². The lowest BCUT2D eigenvalue weighted by atomic mass is 9.93. The third-order valence-electron chi connectivity index (χ3n) is 2.88. The Morgan fingerprint density at radius 2 is 1.37 bits per heavy atom. The van der Waals surface area contributed by atoms with Crippen molar-refractivity contribution in [3.05, 3.63) is 48.0 Å². The lowest BCUT2D eigenvalue weighted by molar-refractivity contribution is -0.274. The van der Waals surface area contributed by atoms with Crippen LogP contribution >= 0.6 is 0 Å². The van der Waals surface area contributed by atoms with E-state index in [0.29, 0.717) is 5.39 Å². The van der Waals surface area contributed by atoms with Crippen LogP contribution in [0.25, 0.3) is 10.8 Å². The first-order valence-electron chi connectivity index (χ1n) is 5.30. The highest BCUT2D eigenvalue weighted by atomic mass is 19.4. The average Bonchev–Trinajstić information content (AvgIpc) is 2.35. The number of alkyl halides is 6. The smallest absolute Gasteiger partial charge is 0.222 e. The van der Waals surface area contributed by atoms with E-state index in [1.807, 2.05) is 0 Å². The summed E-state index contributed by atoms with van der Waals surface area (Å²) in [6.45, 7) is 0. The quantitative estimate of drug-likeness (QED) is 0.690. The summed E-state index contributed by atoms with van der Waals surface area (Å²) in [5.74, 6) is 0. The molecule has 0 aliphatic heterocycles. The summed E-state index contributed by atoms with van der Waals surface area (Å²) in [7, 11) is 0. The highest BCUT2D eigenvalue weighted by Crippen LogP contribution is 2.47. The molecule has 2 rings (SSSR count). The second-order valence-electron chi connectivity index (χ2n) is 4.07. The van der Waals surface area contributed by atoms with E-state index in [-0.39, 0.29) is 5.39 Å². The zero-order chi connectivity index (χ0) is 14.3. The Balaban J connectivity index is 2.64. The lowest BCUT2D eigenvalue weighted by Crippen LogP contribution is -2.44. The van der Waals surface area contributed by atoms with Crippen LogP contribution in [0, 0.1) is 0 Å². The number of hydrogen-bond acceptors (Lipinski definition) is 0. The Bertz CT molecular complexity index is 589. The molecule has 1 unspecified atom stereocenters. The van der Waals surface area contributed by atoms with Crippen molar-refractivity contribution < 1.29 is 26.3 Å². The molecular formula is C13H8F6. The number of halogens is 6. The minimum atomic E-state index is -5.68. The molecule has 19 heavy (non-hydrogen) atoms. The minimum absolute atomic E-state index is 0.270. The second kappa shape index (κ2) is 4.43. The minimum Gasteiger partial charge on any atom is -0.222 e. The Hall–Kier alpha value is -1.72. The normalized spacial score (nSPS) is 15.7. The SMILES string of the molecule is FC(F)C(F)(c1ccc2ccccc2c1)C(F)(F)F. The van der Waals surface area contributed by atoms with E-state index >= 15 is 0 Å². The Kier molecular flexibility index (Phi) is 3.20. The number of fused-ring (bicyclic) bond motifs is 1. The van der Waals surface area contributed by atoms with Crippen LogP contribution in [-0.4, -0.2) is 12.6 Å². The highest BCUT2D eigenvalue weighted by Gasteiger charge is 2.63. The molecule has 2 aromatic carbocycles. The molecule has 0 fully saturated rings. The van der Waals surface area contributed by atoms with Gasteiger partial charge in [0.25, 0.3) is 12.1 Å². The summed E-state index contributed by atoms with van der Waals surface area (Å²) in [6.07, 6.45) is -9.86. The average molecular weight is 278 g/mol. The fourth-order valence-electron chi connectivity index (χ4n) is 1.83. The highest BCUT2D eigenvalue weighted by molar-refractivity contribution is 5.83. The summed E-state index contributed by atoms with van der Waals surface area (Å²) in [4.78, 5) is 0. The van der Waals surface area contributed by atoms with Crippen molar-refractivity contribution in [3.8, 4) is 0 Å². The van der Waals surface area contributed by atoms with E-state index in [1.165, 1.54) is 18.2 Å². The van der Waals surface area contributed by atoms with E-state index in [4.69, 9.17) is 0 Å². The number of hydrogen-bond donors (Lipinski definition) is 0. The van der Waals surface area contributed by atoms with E-state index in [1.54, 1.807) is 12.1 Å². The van der Waals surface area contributed by atoms with Gasteiger partial charge in [0, 0.05) is 5.56 Å². The largest absolute Gasteiger partial charge is 0.432 e.